The number of carbonyl (C=O) groups is 1. The van der Waals surface area contributed by atoms with Crippen LogP contribution in [0.2, 0.25) is 0 Å². The van der Waals surface area contributed by atoms with Crippen molar-refractivity contribution in [2.75, 3.05) is 11.6 Å². The Morgan fingerprint density at radius 3 is 2.57 bits per heavy atom. The highest BCUT2D eigenvalue weighted by Gasteiger charge is 2.24. The first-order valence-electron chi connectivity index (χ1n) is 9.82. The molecule has 1 aromatic heterocycles. The summed E-state index contributed by atoms with van der Waals surface area (Å²) in [5.74, 6) is 0.540. The lowest BCUT2D eigenvalue weighted by Crippen LogP contribution is -2.39. The largest absolute Gasteiger partial charge is 0.473 e. The summed E-state index contributed by atoms with van der Waals surface area (Å²) in [7, 11) is 0. The third-order valence-corrected chi connectivity index (χ3v) is 5.24. The summed E-state index contributed by atoms with van der Waals surface area (Å²) in [4.78, 5) is 20.7. The Hall–Kier alpha value is -2.96. The van der Waals surface area contributed by atoms with E-state index in [1.54, 1.807) is 18.6 Å². The summed E-state index contributed by atoms with van der Waals surface area (Å²) >= 11 is 0. The van der Waals surface area contributed by atoms with Crippen LogP contribution in [0.4, 0.5) is 5.69 Å². The maximum atomic E-state index is 12.6. The fourth-order valence-electron chi connectivity index (χ4n) is 3.66. The lowest BCUT2D eigenvalue weighted by molar-refractivity contribution is 0.0890. The maximum Gasteiger partial charge on any atom is 0.251 e. The highest BCUT2D eigenvalue weighted by atomic mass is 16.5. The molecule has 0 spiro atoms. The number of nitrogens with one attached hydrogen (secondary N) is 1. The van der Waals surface area contributed by atoms with Crippen molar-refractivity contribution in [3.63, 3.8) is 0 Å². The van der Waals surface area contributed by atoms with Gasteiger partial charge < -0.3 is 10.1 Å². The van der Waals surface area contributed by atoms with E-state index in [2.05, 4.69) is 20.4 Å². The van der Waals surface area contributed by atoms with E-state index in [9.17, 15) is 4.79 Å². The quantitative estimate of drug-likeness (QED) is 0.863. The van der Waals surface area contributed by atoms with Gasteiger partial charge in [-0.25, -0.2) is 4.98 Å². The minimum Gasteiger partial charge on any atom is -0.473 e. The van der Waals surface area contributed by atoms with Crippen molar-refractivity contribution < 1.29 is 9.53 Å². The van der Waals surface area contributed by atoms with Crippen LogP contribution >= 0.6 is 0 Å². The standard InChI is InChI=1S/C21H25N5O2/c1-15-10-13-26(25-15)18-6-2-16(3-7-18)21(27)24-17-4-8-19(9-5-17)28-20-14-22-11-12-23-20/h2-3,6-7,11-12,14,17,19H,4-5,8-10,13H2,1H3,(H,24,27). The molecule has 0 saturated heterocycles. The van der Waals surface area contributed by atoms with Gasteiger partial charge in [-0.3, -0.25) is 14.8 Å². The van der Waals surface area contributed by atoms with Gasteiger partial charge in [-0.1, -0.05) is 0 Å². The molecule has 7 nitrogen and oxygen atoms in total. The first-order chi connectivity index (χ1) is 13.7. The van der Waals surface area contributed by atoms with Gasteiger partial charge in [-0.15, -0.1) is 0 Å². The van der Waals surface area contributed by atoms with Crippen LogP contribution in [-0.2, 0) is 0 Å². The highest BCUT2D eigenvalue weighted by Crippen LogP contribution is 2.23. The Kier molecular flexibility index (Phi) is 5.50. The first kappa shape index (κ1) is 18.4. The van der Waals surface area contributed by atoms with Gasteiger partial charge in [-0.2, -0.15) is 5.10 Å². The van der Waals surface area contributed by atoms with Crippen molar-refractivity contribution in [2.45, 2.75) is 51.2 Å². The van der Waals surface area contributed by atoms with Crippen LogP contribution in [0.1, 0.15) is 49.4 Å². The minimum absolute atomic E-state index is 0.0223. The van der Waals surface area contributed by atoms with Crippen LogP contribution in [0.3, 0.4) is 0 Å². The van der Waals surface area contributed by atoms with Crippen molar-refractivity contribution in [1.82, 2.24) is 15.3 Å². The van der Waals surface area contributed by atoms with Gasteiger partial charge in [0, 0.05) is 42.7 Å². The van der Waals surface area contributed by atoms with Gasteiger partial charge >= 0.3 is 0 Å². The van der Waals surface area contributed by atoms with Gasteiger partial charge in [0.05, 0.1) is 11.9 Å². The molecule has 2 aromatic rings. The van der Waals surface area contributed by atoms with E-state index in [-0.39, 0.29) is 18.1 Å². The summed E-state index contributed by atoms with van der Waals surface area (Å²) in [6, 6.07) is 7.85. The van der Waals surface area contributed by atoms with Crippen LogP contribution in [-0.4, -0.2) is 40.3 Å². The van der Waals surface area contributed by atoms with Gasteiger partial charge in [-0.05, 0) is 56.9 Å². The highest BCUT2D eigenvalue weighted by molar-refractivity contribution is 5.94. The SMILES string of the molecule is CC1=NN(c2ccc(C(=O)NC3CCC(Oc4cnccn4)CC3)cc2)CC1. The molecule has 1 aromatic carbocycles. The minimum atomic E-state index is -0.0223. The molecule has 0 unspecified atom stereocenters. The Labute approximate surface area is 164 Å². The molecular weight excluding hydrogens is 354 g/mol. The molecule has 2 heterocycles. The zero-order valence-electron chi connectivity index (χ0n) is 16.0. The maximum absolute atomic E-state index is 12.6. The molecule has 28 heavy (non-hydrogen) atoms. The molecule has 1 aliphatic heterocycles. The fraction of sp³-hybridized carbons (Fsp3) is 0.429. The predicted octanol–water partition coefficient (Wildman–Crippen LogP) is 3.18. The number of hydrazone groups is 1. The van der Waals surface area contributed by atoms with Crippen LogP contribution in [0.25, 0.3) is 0 Å². The van der Waals surface area contributed by atoms with Gasteiger partial charge in [0.15, 0.2) is 0 Å². The number of hydrogen-bond acceptors (Lipinski definition) is 6. The van der Waals surface area contributed by atoms with Crippen LogP contribution in [0.15, 0.2) is 48.0 Å². The normalized spacial score (nSPS) is 21.9. The van der Waals surface area contributed by atoms with Crippen LogP contribution in [0.5, 0.6) is 5.88 Å². The van der Waals surface area contributed by atoms with Gasteiger partial charge in [0.1, 0.15) is 6.10 Å². The van der Waals surface area contributed by atoms with E-state index in [1.165, 1.54) is 0 Å². The monoisotopic (exact) mass is 379 g/mol. The average Bonchev–Trinajstić information content (AvgIpc) is 3.17. The Bertz CT molecular complexity index is 830. The molecule has 1 fully saturated rings. The van der Waals surface area contributed by atoms with Crippen molar-refractivity contribution in [1.29, 1.82) is 0 Å². The molecule has 146 valence electrons. The molecule has 1 N–H and O–H groups in total. The molecular formula is C21H25N5O2. The van der Waals surface area contributed by atoms with Crippen LogP contribution < -0.4 is 15.1 Å². The second-order valence-corrected chi connectivity index (χ2v) is 7.36. The Balaban J connectivity index is 1.26. The van der Waals surface area contributed by atoms with Crippen molar-refractivity contribution >= 4 is 17.3 Å². The molecule has 4 rings (SSSR count). The molecule has 7 heteroatoms. The van der Waals surface area contributed by atoms with Gasteiger partial charge in [0.2, 0.25) is 5.88 Å². The molecule has 1 saturated carbocycles. The number of aromatic nitrogens is 2. The second kappa shape index (κ2) is 8.37. The second-order valence-electron chi connectivity index (χ2n) is 7.36. The zero-order chi connectivity index (χ0) is 19.3. The average molecular weight is 379 g/mol. The third-order valence-electron chi connectivity index (χ3n) is 5.24. The first-order valence-corrected chi connectivity index (χ1v) is 9.82. The molecule has 0 radical (unpaired) electrons. The lowest BCUT2D eigenvalue weighted by Gasteiger charge is -2.29. The van der Waals surface area contributed by atoms with E-state index in [0.717, 1.165) is 50.0 Å². The number of nitrogens with zero attached hydrogens (tertiary/aromatic N) is 4. The number of rotatable bonds is 5. The van der Waals surface area contributed by atoms with Crippen molar-refractivity contribution in [3.05, 3.63) is 48.4 Å². The molecule has 0 atom stereocenters. The number of carbonyl (C=O) groups excluding carboxylic acids is 1. The number of hydrogen-bond donors (Lipinski definition) is 1. The smallest absolute Gasteiger partial charge is 0.251 e. The van der Waals surface area contributed by atoms with Gasteiger partial charge in [0.25, 0.3) is 5.91 Å². The third kappa shape index (κ3) is 4.47. The molecule has 2 aliphatic rings. The number of anilines is 1. The van der Waals surface area contributed by atoms with Crippen LogP contribution in [0, 0.1) is 0 Å². The fourth-order valence-corrected chi connectivity index (χ4v) is 3.66. The van der Waals surface area contributed by atoms with E-state index < -0.39 is 0 Å². The molecule has 0 bridgehead atoms. The summed E-state index contributed by atoms with van der Waals surface area (Å²) in [5, 5.41) is 9.63. The number of ether oxygens (including phenoxy) is 1. The summed E-state index contributed by atoms with van der Waals surface area (Å²) < 4.78 is 5.86. The number of benzene rings is 1. The number of amides is 1. The van der Waals surface area contributed by atoms with E-state index in [0.29, 0.717) is 11.4 Å². The summed E-state index contributed by atoms with van der Waals surface area (Å²) in [6.07, 6.45) is 9.60. The Morgan fingerprint density at radius 2 is 1.93 bits per heavy atom. The van der Waals surface area contributed by atoms with E-state index in [4.69, 9.17) is 4.74 Å². The molecule has 1 amide bonds. The Morgan fingerprint density at radius 1 is 1.14 bits per heavy atom. The van der Waals surface area contributed by atoms with Crippen molar-refractivity contribution in [3.8, 4) is 5.88 Å². The van der Waals surface area contributed by atoms with E-state index >= 15 is 0 Å². The predicted molar refractivity (Wildman–Crippen MR) is 108 cm³/mol. The van der Waals surface area contributed by atoms with E-state index in [1.807, 2.05) is 36.2 Å². The van der Waals surface area contributed by atoms with Crippen molar-refractivity contribution in [2.24, 2.45) is 5.10 Å². The zero-order valence-corrected chi connectivity index (χ0v) is 16.0. The molecule has 1 aliphatic carbocycles. The topological polar surface area (TPSA) is 79.7 Å². The summed E-state index contributed by atoms with van der Waals surface area (Å²) in [6.45, 7) is 2.94. The summed E-state index contributed by atoms with van der Waals surface area (Å²) in [5.41, 5.74) is 2.84. The lowest BCUT2D eigenvalue weighted by atomic mass is 9.92.